The van der Waals surface area contributed by atoms with Crippen molar-refractivity contribution in [1.82, 2.24) is 0 Å². The van der Waals surface area contributed by atoms with E-state index in [0.717, 1.165) is 30.4 Å². The predicted octanol–water partition coefficient (Wildman–Crippen LogP) is 3.52. The van der Waals surface area contributed by atoms with Crippen LogP contribution in [-0.4, -0.2) is 11.1 Å². The maximum absolute atomic E-state index is 10.3. The van der Waals surface area contributed by atoms with Crippen LogP contribution in [0.25, 0.3) is 5.57 Å². The van der Waals surface area contributed by atoms with Gasteiger partial charge in [-0.15, -0.1) is 0 Å². The van der Waals surface area contributed by atoms with E-state index in [1.807, 2.05) is 19.1 Å². The van der Waals surface area contributed by atoms with Crippen LogP contribution < -0.4 is 0 Å². The highest BCUT2D eigenvalue weighted by Gasteiger charge is 1.99. The molecular formula is C14H18O2. The maximum atomic E-state index is 10.3. The first-order chi connectivity index (χ1) is 7.59. The first-order valence-corrected chi connectivity index (χ1v) is 5.56. The molecule has 1 N–H and O–H groups in total. The molecule has 16 heavy (non-hydrogen) atoms. The van der Waals surface area contributed by atoms with Gasteiger partial charge in [0, 0.05) is 6.42 Å². The number of carboxylic acid groups (broad SMARTS) is 1. The average molecular weight is 218 g/mol. The van der Waals surface area contributed by atoms with E-state index in [2.05, 4.69) is 18.7 Å². The van der Waals surface area contributed by atoms with E-state index >= 15 is 0 Å². The van der Waals surface area contributed by atoms with Crippen molar-refractivity contribution in [3.8, 4) is 0 Å². The Kier molecular flexibility index (Phi) is 4.77. The molecule has 2 nitrogen and oxygen atoms in total. The second-order valence-electron chi connectivity index (χ2n) is 4.08. The lowest BCUT2D eigenvalue weighted by Crippen LogP contribution is -1.95. The van der Waals surface area contributed by atoms with Crippen LogP contribution >= 0.6 is 0 Å². The molecule has 1 aromatic rings. The molecule has 0 atom stereocenters. The van der Waals surface area contributed by atoms with Gasteiger partial charge in [-0.25, -0.2) is 0 Å². The third-order valence-electron chi connectivity index (χ3n) is 2.53. The number of aliphatic carboxylic acids is 1. The number of allylic oxidation sites excluding steroid dienone is 1. The molecule has 1 rings (SSSR count). The predicted molar refractivity (Wildman–Crippen MR) is 66.3 cm³/mol. The van der Waals surface area contributed by atoms with Crippen molar-refractivity contribution in [2.45, 2.75) is 32.6 Å². The highest BCUT2D eigenvalue weighted by Crippen LogP contribution is 2.15. The summed E-state index contributed by atoms with van der Waals surface area (Å²) in [5.41, 5.74) is 3.48. The number of hydrogen-bond donors (Lipinski definition) is 1. The molecule has 0 fully saturated rings. The summed E-state index contributed by atoms with van der Waals surface area (Å²) < 4.78 is 0. The van der Waals surface area contributed by atoms with E-state index < -0.39 is 5.97 Å². The molecule has 0 unspecified atom stereocenters. The molecule has 0 aliphatic carbocycles. The first-order valence-electron chi connectivity index (χ1n) is 5.56. The van der Waals surface area contributed by atoms with E-state index in [-0.39, 0.29) is 6.42 Å². The monoisotopic (exact) mass is 218 g/mol. The summed E-state index contributed by atoms with van der Waals surface area (Å²) >= 11 is 0. The van der Waals surface area contributed by atoms with Gasteiger partial charge in [-0.1, -0.05) is 36.4 Å². The summed E-state index contributed by atoms with van der Waals surface area (Å²) in [6.07, 6.45) is 2.87. The van der Waals surface area contributed by atoms with Gasteiger partial charge in [0.05, 0.1) is 0 Å². The zero-order chi connectivity index (χ0) is 12.0. The Bertz CT molecular complexity index is 380. The molecule has 0 aliphatic heterocycles. The lowest BCUT2D eigenvalue weighted by atomic mass is 10.0. The largest absolute Gasteiger partial charge is 0.481 e. The molecule has 0 saturated carbocycles. The van der Waals surface area contributed by atoms with Crippen LogP contribution in [0, 0.1) is 0 Å². The Balaban J connectivity index is 2.45. The Morgan fingerprint density at radius 1 is 1.38 bits per heavy atom. The Morgan fingerprint density at radius 3 is 2.75 bits per heavy atom. The van der Waals surface area contributed by atoms with Crippen LogP contribution in [0.4, 0.5) is 0 Å². The average Bonchev–Trinajstić information content (AvgIpc) is 2.24. The molecule has 0 amide bonds. The molecule has 0 heterocycles. The molecule has 0 aromatic heterocycles. The van der Waals surface area contributed by atoms with Gasteiger partial charge in [-0.05, 0) is 37.3 Å². The highest BCUT2D eigenvalue weighted by molar-refractivity contribution is 5.66. The van der Waals surface area contributed by atoms with Crippen LogP contribution in [0.3, 0.4) is 0 Å². The van der Waals surface area contributed by atoms with Crippen molar-refractivity contribution in [3.63, 3.8) is 0 Å². The number of aryl methyl sites for hydroxylation is 1. The Labute approximate surface area is 96.6 Å². The molecule has 0 bridgehead atoms. The van der Waals surface area contributed by atoms with E-state index in [1.165, 1.54) is 5.56 Å². The second kappa shape index (κ2) is 6.11. The molecule has 0 radical (unpaired) electrons. The van der Waals surface area contributed by atoms with Gasteiger partial charge in [0.15, 0.2) is 0 Å². The molecule has 0 spiro atoms. The summed E-state index contributed by atoms with van der Waals surface area (Å²) in [6.45, 7) is 5.90. The molecule has 0 saturated heterocycles. The molecule has 1 aromatic carbocycles. The second-order valence-corrected chi connectivity index (χ2v) is 4.08. The van der Waals surface area contributed by atoms with Crippen molar-refractivity contribution < 1.29 is 9.90 Å². The zero-order valence-corrected chi connectivity index (χ0v) is 9.70. The van der Waals surface area contributed by atoms with Crippen molar-refractivity contribution >= 4 is 11.5 Å². The zero-order valence-electron chi connectivity index (χ0n) is 9.70. The van der Waals surface area contributed by atoms with Gasteiger partial charge in [0.1, 0.15) is 0 Å². The summed E-state index contributed by atoms with van der Waals surface area (Å²) in [5.74, 6) is -0.712. The van der Waals surface area contributed by atoms with Gasteiger partial charge in [0.25, 0.3) is 0 Å². The first kappa shape index (κ1) is 12.5. The fourth-order valence-corrected chi connectivity index (χ4v) is 1.60. The lowest BCUT2D eigenvalue weighted by molar-refractivity contribution is -0.137. The van der Waals surface area contributed by atoms with E-state index in [1.54, 1.807) is 0 Å². The van der Waals surface area contributed by atoms with Crippen LogP contribution in [-0.2, 0) is 11.2 Å². The van der Waals surface area contributed by atoms with Crippen LogP contribution in [0.2, 0.25) is 0 Å². The van der Waals surface area contributed by atoms with Crippen molar-refractivity contribution in [2.75, 3.05) is 0 Å². The van der Waals surface area contributed by atoms with Crippen molar-refractivity contribution in [3.05, 3.63) is 42.0 Å². The Hall–Kier alpha value is -1.57. The molecular weight excluding hydrogens is 200 g/mol. The van der Waals surface area contributed by atoms with Gasteiger partial charge in [-0.3, -0.25) is 4.79 Å². The minimum atomic E-state index is -0.712. The van der Waals surface area contributed by atoms with Gasteiger partial charge in [0.2, 0.25) is 0 Å². The minimum absolute atomic E-state index is 0.264. The Morgan fingerprint density at radius 2 is 2.12 bits per heavy atom. The number of rotatable bonds is 6. The number of carboxylic acids is 1. The smallest absolute Gasteiger partial charge is 0.303 e. The summed E-state index contributed by atoms with van der Waals surface area (Å²) in [5, 5.41) is 8.52. The summed E-state index contributed by atoms with van der Waals surface area (Å²) in [6, 6.07) is 8.27. The van der Waals surface area contributed by atoms with Crippen LogP contribution in [0.5, 0.6) is 0 Å². The maximum Gasteiger partial charge on any atom is 0.303 e. The fraction of sp³-hybridized carbons (Fsp3) is 0.357. The highest BCUT2D eigenvalue weighted by atomic mass is 16.4. The number of hydrogen-bond acceptors (Lipinski definition) is 1. The van der Waals surface area contributed by atoms with Crippen molar-refractivity contribution in [1.29, 1.82) is 0 Å². The van der Waals surface area contributed by atoms with Gasteiger partial charge in [-0.2, -0.15) is 0 Å². The van der Waals surface area contributed by atoms with Crippen LogP contribution in [0.1, 0.15) is 37.3 Å². The molecule has 86 valence electrons. The molecule has 0 aliphatic rings. The normalized spacial score (nSPS) is 10.1. The SMILES string of the molecule is C=C(C)c1cccc(CCCCC(=O)O)c1. The third kappa shape index (κ3) is 4.30. The topological polar surface area (TPSA) is 37.3 Å². The number of unbranched alkanes of at least 4 members (excludes halogenated alkanes) is 1. The summed E-state index contributed by atoms with van der Waals surface area (Å²) in [4.78, 5) is 10.3. The third-order valence-corrected chi connectivity index (χ3v) is 2.53. The fourth-order valence-electron chi connectivity index (χ4n) is 1.60. The van der Waals surface area contributed by atoms with Gasteiger partial charge >= 0.3 is 5.97 Å². The minimum Gasteiger partial charge on any atom is -0.481 e. The lowest BCUT2D eigenvalue weighted by Gasteiger charge is -2.04. The quantitative estimate of drug-likeness (QED) is 0.742. The summed E-state index contributed by atoms with van der Waals surface area (Å²) in [7, 11) is 0. The number of benzene rings is 1. The molecule has 2 heteroatoms. The van der Waals surface area contributed by atoms with Crippen molar-refractivity contribution in [2.24, 2.45) is 0 Å². The van der Waals surface area contributed by atoms with E-state index in [9.17, 15) is 4.79 Å². The standard InChI is InChI=1S/C14H18O2/c1-11(2)13-8-5-7-12(10-13)6-3-4-9-14(15)16/h5,7-8,10H,1,3-4,6,9H2,2H3,(H,15,16). The van der Waals surface area contributed by atoms with Crippen LogP contribution in [0.15, 0.2) is 30.8 Å². The van der Waals surface area contributed by atoms with E-state index in [4.69, 9.17) is 5.11 Å². The number of carbonyl (C=O) groups is 1. The van der Waals surface area contributed by atoms with Gasteiger partial charge < -0.3 is 5.11 Å². The van der Waals surface area contributed by atoms with E-state index in [0.29, 0.717) is 0 Å².